The number of amides is 2. The molecule has 5 N–H and O–H groups in total. The first-order valence-electron chi connectivity index (χ1n) is 5.23. The average molecular weight is 293 g/mol. The molecule has 0 saturated carbocycles. The monoisotopic (exact) mass is 293 g/mol. The minimum absolute atomic E-state index is 0.174. The maximum Gasteiger partial charge on any atom is 0.415 e. The molecule has 1 aromatic rings. The average Bonchev–Trinajstić information content (AvgIpc) is 2.29. The molecule has 9 heteroatoms. The van der Waals surface area contributed by atoms with Gasteiger partial charge < -0.3 is 16.8 Å². The van der Waals surface area contributed by atoms with E-state index < -0.39 is 35.0 Å². The van der Waals surface area contributed by atoms with Gasteiger partial charge in [-0.25, -0.2) is 4.39 Å². The van der Waals surface area contributed by atoms with Crippen molar-refractivity contribution in [2.24, 2.45) is 11.5 Å². The van der Waals surface area contributed by atoms with Gasteiger partial charge in [0, 0.05) is 5.56 Å². The fourth-order valence-electron chi connectivity index (χ4n) is 1.16. The van der Waals surface area contributed by atoms with Crippen LogP contribution in [0, 0.1) is 5.82 Å². The second-order valence-electron chi connectivity index (χ2n) is 4.21. The normalized spacial score (nSPS) is 14.5. The Kier molecular flexibility index (Phi) is 4.04. The quantitative estimate of drug-likeness (QED) is 0.729. The van der Waals surface area contributed by atoms with Crippen LogP contribution < -0.4 is 16.8 Å². The molecule has 0 heterocycles. The van der Waals surface area contributed by atoms with Crippen molar-refractivity contribution in [3.05, 3.63) is 29.6 Å². The number of rotatable bonds is 3. The Morgan fingerprint density at radius 1 is 1.25 bits per heavy atom. The van der Waals surface area contributed by atoms with E-state index >= 15 is 0 Å². The van der Waals surface area contributed by atoms with E-state index in [4.69, 9.17) is 11.5 Å². The second-order valence-corrected chi connectivity index (χ2v) is 4.21. The second kappa shape index (κ2) is 5.08. The van der Waals surface area contributed by atoms with Crippen molar-refractivity contribution in [1.29, 1.82) is 0 Å². The molecule has 0 bridgehead atoms. The van der Waals surface area contributed by atoms with Crippen LogP contribution in [-0.2, 0) is 4.79 Å². The summed E-state index contributed by atoms with van der Waals surface area (Å²) in [6.07, 6.45) is -5.02. The van der Waals surface area contributed by atoms with Gasteiger partial charge in [-0.05, 0) is 25.1 Å². The highest BCUT2D eigenvalue weighted by molar-refractivity contribution is 6.00. The molecule has 0 fully saturated rings. The summed E-state index contributed by atoms with van der Waals surface area (Å²) in [7, 11) is 0. The lowest BCUT2D eigenvalue weighted by Gasteiger charge is -2.26. The van der Waals surface area contributed by atoms with Crippen LogP contribution >= 0.6 is 0 Å². The Morgan fingerprint density at radius 3 is 2.25 bits per heavy atom. The molecule has 0 aromatic heterocycles. The molecule has 5 nitrogen and oxygen atoms in total. The zero-order valence-corrected chi connectivity index (χ0v) is 10.2. The third kappa shape index (κ3) is 3.05. The van der Waals surface area contributed by atoms with Crippen LogP contribution in [0.25, 0.3) is 0 Å². The molecule has 1 rings (SSSR count). The maximum absolute atomic E-state index is 13.4. The molecule has 0 aliphatic rings. The number of alkyl halides is 3. The highest BCUT2D eigenvalue weighted by Gasteiger charge is 2.54. The Bertz CT molecular complexity index is 555. The maximum atomic E-state index is 13.4. The number of hydrogen-bond donors (Lipinski definition) is 3. The fourth-order valence-corrected chi connectivity index (χ4v) is 1.16. The summed E-state index contributed by atoms with van der Waals surface area (Å²) >= 11 is 0. The SMILES string of the molecule is CC(N)(C(=O)Nc1cc(C(N)=O)ccc1F)C(F)(F)F. The van der Waals surface area contributed by atoms with Crippen molar-refractivity contribution in [1.82, 2.24) is 0 Å². The van der Waals surface area contributed by atoms with E-state index in [1.54, 1.807) is 5.32 Å². The van der Waals surface area contributed by atoms with E-state index in [9.17, 15) is 27.2 Å². The zero-order chi connectivity index (χ0) is 15.7. The first-order valence-corrected chi connectivity index (χ1v) is 5.23. The molecule has 0 aliphatic heterocycles. The minimum atomic E-state index is -5.02. The van der Waals surface area contributed by atoms with E-state index in [-0.39, 0.29) is 5.56 Å². The van der Waals surface area contributed by atoms with Gasteiger partial charge in [0.25, 0.3) is 5.91 Å². The molecule has 1 aromatic carbocycles. The van der Waals surface area contributed by atoms with Gasteiger partial charge >= 0.3 is 6.18 Å². The standard InChI is InChI=1S/C11H11F4N3O2/c1-10(17,11(13,14)15)9(20)18-7-4-5(8(16)19)2-3-6(7)12/h2-4H,17H2,1H3,(H2,16,19)(H,18,20). The number of primary amides is 1. The lowest BCUT2D eigenvalue weighted by atomic mass is 10.0. The molecule has 0 aliphatic carbocycles. The highest BCUT2D eigenvalue weighted by Crippen LogP contribution is 2.29. The molecule has 1 unspecified atom stereocenters. The summed E-state index contributed by atoms with van der Waals surface area (Å²) in [6.45, 7) is 0.443. The highest BCUT2D eigenvalue weighted by atomic mass is 19.4. The van der Waals surface area contributed by atoms with E-state index in [1.165, 1.54) is 0 Å². The van der Waals surface area contributed by atoms with Gasteiger partial charge in [0.1, 0.15) is 5.82 Å². The zero-order valence-electron chi connectivity index (χ0n) is 10.2. The van der Waals surface area contributed by atoms with Crippen molar-refractivity contribution in [2.45, 2.75) is 18.6 Å². The Labute approximate surface area is 110 Å². The van der Waals surface area contributed by atoms with Gasteiger partial charge in [0.15, 0.2) is 5.54 Å². The smallest absolute Gasteiger partial charge is 0.366 e. The van der Waals surface area contributed by atoms with Crippen LogP contribution in [0.3, 0.4) is 0 Å². The van der Waals surface area contributed by atoms with Crippen LogP contribution in [0.4, 0.5) is 23.2 Å². The number of halogens is 4. The Hall–Kier alpha value is -2.16. The molecule has 1 atom stereocenters. The number of anilines is 1. The third-order valence-corrected chi connectivity index (χ3v) is 2.56. The van der Waals surface area contributed by atoms with Gasteiger partial charge in [-0.15, -0.1) is 0 Å². The topological polar surface area (TPSA) is 98.2 Å². The van der Waals surface area contributed by atoms with Crippen LogP contribution in [-0.4, -0.2) is 23.5 Å². The predicted octanol–water partition coefficient (Wildman–Crippen LogP) is 1.14. The van der Waals surface area contributed by atoms with Crippen LogP contribution in [0.15, 0.2) is 18.2 Å². The molecule has 20 heavy (non-hydrogen) atoms. The molecular weight excluding hydrogens is 282 g/mol. The van der Waals surface area contributed by atoms with Crippen LogP contribution in [0.1, 0.15) is 17.3 Å². The first-order chi connectivity index (χ1) is 8.96. The van der Waals surface area contributed by atoms with Crippen molar-refractivity contribution < 1.29 is 27.2 Å². The van der Waals surface area contributed by atoms with Crippen molar-refractivity contribution in [3.8, 4) is 0 Å². The van der Waals surface area contributed by atoms with E-state index in [0.717, 1.165) is 18.2 Å². The van der Waals surface area contributed by atoms with Gasteiger partial charge in [-0.2, -0.15) is 13.2 Å². The summed E-state index contributed by atoms with van der Waals surface area (Å²) in [6, 6.07) is 2.64. The number of carbonyl (C=O) groups excluding carboxylic acids is 2. The van der Waals surface area contributed by atoms with Crippen LogP contribution in [0.5, 0.6) is 0 Å². The summed E-state index contributed by atoms with van der Waals surface area (Å²) in [4.78, 5) is 22.4. The molecule has 0 radical (unpaired) electrons. The Balaban J connectivity index is 3.08. The molecule has 0 spiro atoms. The fraction of sp³-hybridized carbons (Fsp3) is 0.273. The van der Waals surface area contributed by atoms with Gasteiger partial charge in [0.05, 0.1) is 5.69 Å². The third-order valence-electron chi connectivity index (χ3n) is 2.56. The first kappa shape index (κ1) is 15.9. The Morgan fingerprint density at radius 2 is 1.80 bits per heavy atom. The van der Waals surface area contributed by atoms with Crippen molar-refractivity contribution in [2.75, 3.05) is 5.32 Å². The van der Waals surface area contributed by atoms with Gasteiger partial charge in [-0.1, -0.05) is 0 Å². The van der Waals surface area contributed by atoms with Gasteiger partial charge in [0.2, 0.25) is 5.91 Å². The van der Waals surface area contributed by atoms with Crippen LogP contribution in [0.2, 0.25) is 0 Å². The summed E-state index contributed by atoms with van der Waals surface area (Å²) < 4.78 is 51.0. The minimum Gasteiger partial charge on any atom is -0.366 e. The van der Waals surface area contributed by atoms with Crippen molar-refractivity contribution >= 4 is 17.5 Å². The molecule has 110 valence electrons. The molecule has 0 saturated heterocycles. The summed E-state index contributed by atoms with van der Waals surface area (Å²) in [5.41, 5.74) is 5.82. The van der Waals surface area contributed by atoms with E-state index in [1.807, 2.05) is 0 Å². The lowest BCUT2D eigenvalue weighted by Crippen LogP contribution is -2.59. The largest absolute Gasteiger partial charge is 0.415 e. The number of carbonyl (C=O) groups is 2. The van der Waals surface area contributed by atoms with Crippen molar-refractivity contribution in [3.63, 3.8) is 0 Å². The molecular formula is C11H11F4N3O2. The summed E-state index contributed by atoms with van der Waals surface area (Å²) in [5, 5.41) is 1.69. The van der Waals surface area contributed by atoms with Gasteiger partial charge in [-0.3, -0.25) is 9.59 Å². The predicted molar refractivity (Wildman–Crippen MR) is 62.2 cm³/mol. The number of benzene rings is 1. The number of nitrogens with one attached hydrogen (secondary N) is 1. The number of hydrogen-bond acceptors (Lipinski definition) is 3. The van der Waals surface area contributed by atoms with E-state index in [0.29, 0.717) is 6.92 Å². The summed E-state index contributed by atoms with van der Waals surface area (Å²) in [5.74, 6) is -3.61. The number of nitrogens with two attached hydrogens (primary N) is 2. The van der Waals surface area contributed by atoms with E-state index in [2.05, 4.69) is 0 Å². The lowest BCUT2D eigenvalue weighted by molar-refractivity contribution is -0.184. The molecule has 2 amide bonds.